The second kappa shape index (κ2) is 7.27. The van der Waals surface area contributed by atoms with E-state index in [1.165, 1.54) is 16.0 Å². The number of hydrogen-bond acceptors (Lipinski definition) is 5. The Morgan fingerprint density at radius 3 is 2.52 bits per heavy atom. The lowest BCUT2D eigenvalue weighted by molar-refractivity contribution is 0.0844. The van der Waals surface area contributed by atoms with Crippen molar-refractivity contribution in [1.82, 2.24) is 20.6 Å². The van der Waals surface area contributed by atoms with E-state index < -0.39 is 11.8 Å². The van der Waals surface area contributed by atoms with Gasteiger partial charge in [-0.2, -0.15) is 16.4 Å². The van der Waals surface area contributed by atoms with Crippen LogP contribution in [0.15, 0.2) is 45.9 Å². The molecule has 0 bridgehead atoms. The van der Waals surface area contributed by atoms with E-state index in [4.69, 9.17) is 0 Å². The monoisotopic (exact) mass is 356 g/mol. The third-order valence-corrected chi connectivity index (χ3v) is 4.27. The van der Waals surface area contributed by atoms with Crippen molar-refractivity contribution in [3.8, 4) is 0 Å². The van der Waals surface area contributed by atoms with Crippen LogP contribution >= 0.6 is 11.3 Å². The van der Waals surface area contributed by atoms with Gasteiger partial charge < -0.3 is 0 Å². The molecule has 0 fully saturated rings. The second-order valence-electron chi connectivity index (χ2n) is 5.34. The Bertz CT molecular complexity index is 979. The first-order valence-corrected chi connectivity index (χ1v) is 8.69. The number of carbonyl (C=O) groups excluding carboxylic acids is 2. The molecule has 2 N–H and O–H groups in total. The molecular formula is C17H16N4O3S. The van der Waals surface area contributed by atoms with Crippen LogP contribution in [0.4, 0.5) is 0 Å². The van der Waals surface area contributed by atoms with Gasteiger partial charge in [-0.25, -0.2) is 4.68 Å². The number of nitrogens with one attached hydrogen (secondary N) is 2. The summed E-state index contributed by atoms with van der Waals surface area (Å²) < 4.78 is 1.28. The summed E-state index contributed by atoms with van der Waals surface area (Å²) in [6, 6.07) is 8.44. The molecule has 0 saturated carbocycles. The van der Waals surface area contributed by atoms with Gasteiger partial charge in [0.2, 0.25) is 0 Å². The Balaban J connectivity index is 1.91. The van der Waals surface area contributed by atoms with Crippen LogP contribution in [0.3, 0.4) is 0 Å². The molecule has 0 saturated heterocycles. The van der Waals surface area contributed by atoms with Crippen molar-refractivity contribution in [1.29, 1.82) is 0 Å². The fourth-order valence-corrected chi connectivity index (χ4v) is 3.04. The minimum absolute atomic E-state index is 0.0919. The molecule has 0 atom stereocenters. The molecule has 7 nitrogen and oxygen atoms in total. The van der Waals surface area contributed by atoms with E-state index in [0.717, 1.165) is 0 Å². The van der Waals surface area contributed by atoms with Gasteiger partial charge in [0.1, 0.15) is 0 Å². The number of hydrogen-bond donors (Lipinski definition) is 2. The first-order chi connectivity index (χ1) is 12.1. The molecule has 128 valence electrons. The van der Waals surface area contributed by atoms with Crippen molar-refractivity contribution in [2.45, 2.75) is 19.9 Å². The molecule has 2 aromatic heterocycles. The molecule has 0 radical (unpaired) electrons. The lowest BCUT2D eigenvalue weighted by Gasteiger charge is -2.11. The number of aromatic nitrogens is 2. The van der Waals surface area contributed by atoms with E-state index in [1.54, 1.807) is 41.1 Å². The van der Waals surface area contributed by atoms with Crippen molar-refractivity contribution in [2.24, 2.45) is 0 Å². The van der Waals surface area contributed by atoms with Crippen LogP contribution in [-0.2, 0) is 6.54 Å². The standard InChI is InChI=1S/C17H16N4O3S/c1-2-8-21-17(24)13-6-4-3-5-12(13)14(20-21)16(23)19-18-15(22)11-7-9-25-10-11/h3-7,9-10H,2,8H2,1H3,(H,18,22)(H,19,23). The molecule has 2 amide bonds. The lowest BCUT2D eigenvalue weighted by Crippen LogP contribution is -2.42. The zero-order valence-corrected chi connectivity index (χ0v) is 14.3. The molecular weight excluding hydrogens is 340 g/mol. The summed E-state index contributed by atoms with van der Waals surface area (Å²) in [5, 5.41) is 8.48. The van der Waals surface area contributed by atoms with Crippen molar-refractivity contribution in [2.75, 3.05) is 0 Å². The Morgan fingerprint density at radius 2 is 1.84 bits per heavy atom. The molecule has 8 heteroatoms. The van der Waals surface area contributed by atoms with E-state index in [-0.39, 0.29) is 11.3 Å². The van der Waals surface area contributed by atoms with E-state index in [2.05, 4.69) is 16.0 Å². The predicted molar refractivity (Wildman–Crippen MR) is 95.5 cm³/mol. The number of amides is 2. The second-order valence-corrected chi connectivity index (χ2v) is 6.12. The quantitative estimate of drug-likeness (QED) is 0.699. The molecule has 0 unspecified atom stereocenters. The minimum atomic E-state index is -0.579. The van der Waals surface area contributed by atoms with E-state index >= 15 is 0 Å². The fourth-order valence-electron chi connectivity index (χ4n) is 2.40. The number of carbonyl (C=O) groups is 2. The average molecular weight is 356 g/mol. The number of benzene rings is 1. The van der Waals surface area contributed by atoms with Crippen LogP contribution in [0.1, 0.15) is 34.2 Å². The third-order valence-electron chi connectivity index (χ3n) is 3.59. The van der Waals surface area contributed by atoms with Crippen molar-refractivity contribution >= 4 is 33.9 Å². The lowest BCUT2D eigenvalue weighted by atomic mass is 10.1. The van der Waals surface area contributed by atoms with Gasteiger partial charge in [-0.05, 0) is 23.9 Å². The summed E-state index contributed by atoms with van der Waals surface area (Å²) in [4.78, 5) is 36.8. The number of thiophene rings is 1. The van der Waals surface area contributed by atoms with Crippen molar-refractivity contribution in [3.05, 3.63) is 62.7 Å². The van der Waals surface area contributed by atoms with Crippen LogP contribution in [0.2, 0.25) is 0 Å². The van der Waals surface area contributed by atoms with Gasteiger partial charge in [-0.15, -0.1) is 0 Å². The van der Waals surface area contributed by atoms with Gasteiger partial charge in [0.05, 0.1) is 10.9 Å². The largest absolute Gasteiger partial charge is 0.290 e. The topological polar surface area (TPSA) is 93.1 Å². The highest BCUT2D eigenvalue weighted by Crippen LogP contribution is 2.13. The summed E-state index contributed by atoms with van der Waals surface area (Å²) in [7, 11) is 0. The Hall–Kier alpha value is -3.00. The fraction of sp³-hybridized carbons (Fsp3) is 0.176. The number of rotatable bonds is 4. The maximum absolute atomic E-state index is 12.5. The summed E-state index contributed by atoms with van der Waals surface area (Å²) in [5.41, 5.74) is 5.02. The number of nitrogens with zero attached hydrogens (tertiary/aromatic N) is 2. The van der Waals surface area contributed by atoms with Crippen LogP contribution in [0.25, 0.3) is 10.8 Å². The maximum atomic E-state index is 12.5. The predicted octanol–water partition coefficient (Wildman–Crippen LogP) is 1.94. The van der Waals surface area contributed by atoms with Crippen LogP contribution in [-0.4, -0.2) is 21.6 Å². The molecule has 0 aliphatic carbocycles. The van der Waals surface area contributed by atoms with E-state index in [9.17, 15) is 14.4 Å². The van der Waals surface area contributed by atoms with Gasteiger partial charge in [0, 0.05) is 17.3 Å². The minimum Gasteiger partial charge on any atom is -0.267 e. The zero-order chi connectivity index (χ0) is 17.8. The molecule has 0 aliphatic heterocycles. The number of hydrazine groups is 1. The Morgan fingerprint density at radius 1 is 1.12 bits per heavy atom. The van der Waals surface area contributed by atoms with Crippen molar-refractivity contribution in [3.63, 3.8) is 0 Å². The van der Waals surface area contributed by atoms with Gasteiger partial charge in [-0.3, -0.25) is 25.2 Å². The first-order valence-electron chi connectivity index (χ1n) is 7.74. The number of aryl methyl sites for hydroxylation is 1. The Kier molecular flexibility index (Phi) is 4.90. The molecule has 25 heavy (non-hydrogen) atoms. The van der Waals surface area contributed by atoms with Gasteiger partial charge in [-0.1, -0.05) is 25.1 Å². The first kappa shape index (κ1) is 16.8. The normalized spacial score (nSPS) is 10.6. The Labute approximate surface area is 147 Å². The maximum Gasteiger partial charge on any atom is 0.290 e. The number of fused-ring (bicyclic) bond motifs is 1. The van der Waals surface area contributed by atoms with Crippen LogP contribution in [0.5, 0.6) is 0 Å². The SMILES string of the molecule is CCCn1nc(C(=O)NNC(=O)c2ccsc2)c2ccccc2c1=O. The summed E-state index contributed by atoms with van der Waals surface area (Å²) >= 11 is 1.39. The van der Waals surface area contributed by atoms with Crippen LogP contribution in [0, 0.1) is 0 Å². The highest BCUT2D eigenvalue weighted by Gasteiger charge is 2.17. The molecule has 2 heterocycles. The molecule has 3 rings (SSSR count). The summed E-state index contributed by atoms with van der Waals surface area (Å²) in [6.07, 6.45) is 0.710. The van der Waals surface area contributed by atoms with Crippen LogP contribution < -0.4 is 16.4 Å². The van der Waals surface area contributed by atoms with Gasteiger partial charge >= 0.3 is 0 Å². The van der Waals surface area contributed by atoms with E-state index in [1.807, 2.05) is 6.92 Å². The molecule has 0 aliphatic rings. The highest BCUT2D eigenvalue weighted by molar-refractivity contribution is 7.08. The van der Waals surface area contributed by atoms with E-state index in [0.29, 0.717) is 29.3 Å². The van der Waals surface area contributed by atoms with Gasteiger partial charge in [0.25, 0.3) is 17.4 Å². The highest BCUT2D eigenvalue weighted by atomic mass is 32.1. The van der Waals surface area contributed by atoms with Gasteiger partial charge in [0.15, 0.2) is 5.69 Å². The zero-order valence-electron chi connectivity index (χ0n) is 13.5. The molecule has 1 aromatic carbocycles. The average Bonchev–Trinajstić information content (AvgIpc) is 3.17. The van der Waals surface area contributed by atoms with Crippen molar-refractivity contribution < 1.29 is 9.59 Å². The summed E-state index contributed by atoms with van der Waals surface area (Å²) in [6.45, 7) is 2.33. The molecule has 0 spiro atoms. The summed E-state index contributed by atoms with van der Waals surface area (Å²) in [5.74, 6) is -0.995. The smallest absolute Gasteiger partial charge is 0.267 e. The molecule has 3 aromatic rings. The third kappa shape index (κ3) is 3.43.